The highest BCUT2D eigenvalue weighted by Gasteiger charge is 2.37. The summed E-state index contributed by atoms with van der Waals surface area (Å²) >= 11 is 0. The highest BCUT2D eigenvalue weighted by atomic mass is 19.4. The summed E-state index contributed by atoms with van der Waals surface area (Å²) in [5.74, 6) is 0. The lowest BCUT2D eigenvalue weighted by atomic mass is 9.95. The topological polar surface area (TPSA) is 6.48 Å². The Morgan fingerprint density at radius 2 is 1.41 bits per heavy atom. The molecule has 1 heterocycles. The van der Waals surface area contributed by atoms with Crippen molar-refractivity contribution < 1.29 is 26.3 Å². The van der Waals surface area contributed by atoms with E-state index >= 15 is 0 Å². The predicted molar refractivity (Wildman–Crippen MR) is 112 cm³/mol. The highest BCUT2D eigenvalue weighted by Crippen LogP contribution is 2.37. The van der Waals surface area contributed by atoms with E-state index in [1.807, 2.05) is 36.4 Å². The van der Waals surface area contributed by atoms with Gasteiger partial charge in [0.05, 0.1) is 11.1 Å². The van der Waals surface area contributed by atoms with Crippen molar-refractivity contribution in [3.8, 4) is 0 Å². The lowest BCUT2D eigenvalue weighted by molar-refractivity contribution is -0.143. The molecule has 0 aliphatic carbocycles. The number of benzene rings is 2. The van der Waals surface area contributed by atoms with Gasteiger partial charge in [0.15, 0.2) is 0 Å². The van der Waals surface area contributed by atoms with Crippen molar-refractivity contribution in [3.05, 3.63) is 83.4 Å². The van der Waals surface area contributed by atoms with Crippen LogP contribution in [0, 0.1) is 0 Å². The Morgan fingerprint density at radius 1 is 0.844 bits per heavy atom. The minimum Gasteiger partial charge on any atom is -0.297 e. The van der Waals surface area contributed by atoms with Gasteiger partial charge in [-0.2, -0.15) is 26.3 Å². The summed E-state index contributed by atoms with van der Waals surface area (Å²) < 4.78 is 79.2. The molecule has 1 aliphatic heterocycles. The van der Waals surface area contributed by atoms with E-state index in [0.717, 1.165) is 50.4 Å². The molecular weight excluding hydrogens is 430 g/mol. The van der Waals surface area contributed by atoms with Gasteiger partial charge >= 0.3 is 12.4 Å². The summed E-state index contributed by atoms with van der Waals surface area (Å²) in [7, 11) is 0. The van der Waals surface area contributed by atoms with Crippen molar-refractivity contribution in [2.24, 2.45) is 0 Å². The first-order valence-electron chi connectivity index (χ1n) is 10.5. The van der Waals surface area contributed by atoms with E-state index in [2.05, 4.69) is 16.4 Å². The number of halogens is 6. The van der Waals surface area contributed by atoms with Gasteiger partial charge in [0.2, 0.25) is 0 Å². The number of alkyl halides is 6. The number of piperazine rings is 1. The Bertz CT molecular complexity index is 851. The van der Waals surface area contributed by atoms with Crippen molar-refractivity contribution in [1.82, 2.24) is 9.80 Å². The lowest BCUT2D eigenvalue weighted by Crippen LogP contribution is -2.47. The Hall–Kier alpha value is -2.32. The first-order valence-corrected chi connectivity index (χ1v) is 10.5. The Labute approximate surface area is 184 Å². The minimum absolute atomic E-state index is 0.0402. The molecule has 1 saturated heterocycles. The van der Waals surface area contributed by atoms with Gasteiger partial charge in [0.25, 0.3) is 0 Å². The molecule has 2 aromatic carbocycles. The van der Waals surface area contributed by atoms with E-state index in [9.17, 15) is 26.3 Å². The van der Waals surface area contributed by atoms with E-state index in [1.54, 1.807) is 0 Å². The molecule has 0 N–H and O–H groups in total. The molecule has 174 valence electrons. The quantitative estimate of drug-likeness (QED) is 0.362. The number of aryl methyl sites for hydroxylation is 1. The van der Waals surface area contributed by atoms with Gasteiger partial charge in [-0.05, 0) is 42.2 Å². The number of hydrogen-bond acceptors (Lipinski definition) is 2. The summed E-state index contributed by atoms with van der Waals surface area (Å²) in [6, 6.07) is 11.3. The van der Waals surface area contributed by atoms with Crippen molar-refractivity contribution in [1.29, 1.82) is 0 Å². The van der Waals surface area contributed by atoms with Gasteiger partial charge in [-0.1, -0.05) is 36.4 Å². The smallest absolute Gasteiger partial charge is 0.297 e. The van der Waals surface area contributed by atoms with Crippen LogP contribution in [-0.4, -0.2) is 42.5 Å². The molecule has 32 heavy (non-hydrogen) atoms. The SMILES string of the molecule is C=CCN1CCN(C(CCc2cc(C(F)(F)F)cc(C(F)(F)F)c2)c2ccccc2)CC1. The van der Waals surface area contributed by atoms with Crippen LogP contribution >= 0.6 is 0 Å². The molecule has 1 atom stereocenters. The molecule has 2 aromatic rings. The third-order valence-electron chi connectivity index (χ3n) is 5.77. The molecule has 0 aromatic heterocycles. The molecular formula is C24H26F6N2. The summed E-state index contributed by atoms with van der Waals surface area (Å²) in [4.78, 5) is 4.52. The van der Waals surface area contributed by atoms with Crippen LogP contribution in [0.4, 0.5) is 26.3 Å². The zero-order chi connectivity index (χ0) is 23.4. The van der Waals surface area contributed by atoms with Crippen molar-refractivity contribution in [2.75, 3.05) is 32.7 Å². The average molecular weight is 456 g/mol. The van der Waals surface area contributed by atoms with E-state index in [4.69, 9.17) is 0 Å². The fraction of sp³-hybridized carbons (Fsp3) is 0.417. The molecule has 0 amide bonds. The van der Waals surface area contributed by atoms with Crippen molar-refractivity contribution in [2.45, 2.75) is 31.2 Å². The Kier molecular flexibility index (Phi) is 7.67. The Morgan fingerprint density at radius 3 is 1.91 bits per heavy atom. The molecule has 3 rings (SSSR count). The van der Waals surface area contributed by atoms with Gasteiger partial charge in [0.1, 0.15) is 0 Å². The lowest BCUT2D eigenvalue weighted by Gasteiger charge is -2.39. The van der Waals surface area contributed by atoms with Crippen LogP contribution < -0.4 is 0 Å². The van der Waals surface area contributed by atoms with E-state index < -0.39 is 23.5 Å². The van der Waals surface area contributed by atoms with Gasteiger partial charge in [-0.25, -0.2) is 0 Å². The molecule has 1 fully saturated rings. The first-order chi connectivity index (χ1) is 15.1. The number of rotatable bonds is 7. The maximum absolute atomic E-state index is 13.2. The molecule has 1 unspecified atom stereocenters. The highest BCUT2D eigenvalue weighted by molar-refractivity contribution is 5.34. The molecule has 1 aliphatic rings. The van der Waals surface area contributed by atoms with Crippen LogP contribution in [0.25, 0.3) is 0 Å². The zero-order valence-corrected chi connectivity index (χ0v) is 17.6. The van der Waals surface area contributed by atoms with Crippen LogP contribution in [-0.2, 0) is 18.8 Å². The maximum Gasteiger partial charge on any atom is 0.416 e. The molecule has 0 bridgehead atoms. The summed E-state index contributed by atoms with van der Waals surface area (Å²) in [6.45, 7) is 7.74. The first kappa shape index (κ1) is 24.3. The van der Waals surface area contributed by atoms with E-state index in [0.29, 0.717) is 6.42 Å². The fourth-order valence-electron chi connectivity index (χ4n) is 4.14. The molecule has 0 radical (unpaired) electrons. The van der Waals surface area contributed by atoms with Crippen molar-refractivity contribution in [3.63, 3.8) is 0 Å². The average Bonchev–Trinajstić information content (AvgIpc) is 2.74. The maximum atomic E-state index is 13.2. The Balaban J connectivity index is 1.83. The second-order valence-corrected chi connectivity index (χ2v) is 8.00. The third kappa shape index (κ3) is 6.36. The standard InChI is InChI=1S/C24H26F6N2/c1-2-10-31-11-13-32(14-12-31)22(19-6-4-3-5-7-19)9-8-18-15-20(23(25,26)27)17-21(16-18)24(28,29)30/h2-7,15-17,22H,1,8-14H2. The molecule has 2 nitrogen and oxygen atoms in total. The molecule has 0 saturated carbocycles. The van der Waals surface area contributed by atoms with Gasteiger partial charge in [-0.3, -0.25) is 9.80 Å². The van der Waals surface area contributed by atoms with Crippen LogP contribution in [0.15, 0.2) is 61.2 Å². The monoisotopic (exact) mass is 456 g/mol. The predicted octanol–water partition coefficient (Wildman–Crippen LogP) is 6.20. The summed E-state index contributed by atoms with van der Waals surface area (Å²) in [6.07, 6.45) is -7.30. The van der Waals surface area contributed by atoms with Crippen molar-refractivity contribution >= 4 is 0 Å². The molecule has 8 heteroatoms. The number of nitrogens with zero attached hydrogens (tertiary/aromatic N) is 2. The zero-order valence-electron chi connectivity index (χ0n) is 17.6. The van der Waals surface area contributed by atoms with Gasteiger partial charge < -0.3 is 0 Å². The van der Waals surface area contributed by atoms with E-state index in [-0.39, 0.29) is 24.1 Å². The van der Waals surface area contributed by atoms with E-state index in [1.165, 1.54) is 0 Å². The summed E-state index contributed by atoms with van der Waals surface area (Å²) in [5.41, 5.74) is -1.49. The summed E-state index contributed by atoms with van der Waals surface area (Å²) in [5, 5.41) is 0. The minimum atomic E-state index is -4.84. The van der Waals surface area contributed by atoms with Gasteiger partial charge in [0, 0.05) is 38.8 Å². The second kappa shape index (κ2) is 10.1. The van der Waals surface area contributed by atoms with Gasteiger partial charge in [-0.15, -0.1) is 6.58 Å². The largest absolute Gasteiger partial charge is 0.416 e. The second-order valence-electron chi connectivity index (χ2n) is 8.00. The van der Waals surface area contributed by atoms with Crippen LogP contribution in [0.5, 0.6) is 0 Å². The van der Waals surface area contributed by atoms with Crippen LogP contribution in [0.2, 0.25) is 0 Å². The fourth-order valence-corrected chi connectivity index (χ4v) is 4.14. The van der Waals surface area contributed by atoms with Crippen LogP contribution in [0.1, 0.15) is 34.7 Å². The van der Waals surface area contributed by atoms with Crippen LogP contribution in [0.3, 0.4) is 0 Å². The third-order valence-corrected chi connectivity index (χ3v) is 5.77. The number of hydrogen-bond donors (Lipinski definition) is 0. The normalized spacial score (nSPS) is 17.3. The molecule has 0 spiro atoms.